The van der Waals surface area contributed by atoms with Gasteiger partial charge in [-0.1, -0.05) is 50.1 Å². The maximum atomic E-state index is 11.9. The highest BCUT2D eigenvalue weighted by Gasteiger charge is 2.26. The second kappa shape index (κ2) is 8.48. The van der Waals surface area contributed by atoms with Crippen LogP contribution >= 0.6 is 0 Å². The third kappa shape index (κ3) is 5.13. The monoisotopic (exact) mass is 277 g/mol. The molecule has 0 saturated heterocycles. The number of ketones is 1. The lowest BCUT2D eigenvalue weighted by atomic mass is 9.98. The average molecular weight is 277 g/mol. The summed E-state index contributed by atoms with van der Waals surface area (Å²) in [5.74, 6) is -0.486. The van der Waals surface area contributed by atoms with Crippen LogP contribution in [-0.4, -0.2) is 22.9 Å². The van der Waals surface area contributed by atoms with Crippen molar-refractivity contribution < 1.29 is 14.7 Å². The van der Waals surface area contributed by atoms with E-state index in [1.165, 1.54) is 6.92 Å². The highest BCUT2D eigenvalue weighted by Crippen LogP contribution is 2.18. The summed E-state index contributed by atoms with van der Waals surface area (Å²) in [5, 5.41) is 12.8. The molecule has 0 aliphatic rings. The van der Waals surface area contributed by atoms with Crippen LogP contribution in [0.4, 0.5) is 0 Å². The Hall–Kier alpha value is -1.68. The lowest BCUT2D eigenvalue weighted by Crippen LogP contribution is -2.39. The van der Waals surface area contributed by atoms with Crippen LogP contribution in [0.1, 0.15) is 51.1 Å². The molecule has 4 nitrogen and oxygen atoms in total. The number of aliphatic hydroxyl groups is 1. The van der Waals surface area contributed by atoms with Crippen molar-refractivity contribution in [3.8, 4) is 0 Å². The Balaban J connectivity index is 2.74. The Morgan fingerprint density at radius 1 is 1.20 bits per heavy atom. The van der Waals surface area contributed by atoms with Crippen LogP contribution in [0.2, 0.25) is 0 Å². The number of aliphatic hydroxyl groups excluding tert-OH is 1. The zero-order valence-corrected chi connectivity index (χ0v) is 12.1. The summed E-state index contributed by atoms with van der Waals surface area (Å²) in [6, 6.07) is 8.40. The molecule has 2 atom stereocenters. The summed E-state index contributed by atoms with van der Waals surface area (Å²) in [6.07, 6.45) is 2.07. The predicted molar refractivity (Wildman–Crippen MR) is 78.2 cm³/mol. The lowest BCUT2D eigenvalue weighted by molar-refractivity contribution is -0.128. The molecule has 0 radical (unpaired) electrons. The van der Waals surface area contributed by atoms with Gasteiger partial charge in [0.1, 0.15) is 6.10 Å². The maximum Gasteiger partial charge on any atom is 0.220 e. The van der Waals surface area contributed by atoms with Gasteiger partial charge in [-0.25, -0.2) is 0 Å². The minimum Gasteiger partial charge on any atom is -0.383 e. The minimum atomic E-state index is -1.22. The van der Waals surface area contributed by atoms with Crippen LogP contribution in [0.15, 0.2) is 30.3 Å². The van der Waals surface area contributed by atoms with Crippen molar-refractivity contribution in [3.05, 3.63) is 35.9 Å². The number of benzene rings is 1. The second-order valence-electron chi connectivity index (χ2n) is 4.97. The van der Waals surface area contributed by atoms with Crippen LogP contribution in [-0.2, 0) is 9.59 Å². The number of carbonyl (C=O) groups excluding carboxylic acids is 2. The van der Waals surface area contributed by atoms with Gasteiger partial charge in [0.2, 0.25) is 5.91 Å². The van der Waals surface area contributed by atoms with Crippen LogP contribution < -0.4 is 5.32 Å². The van der Waals surface area contributed by atoms with E-state index in [0.717, 1.165) is 24.8 Å². The van der Waals surface area contributed by atoms with E-state index in [0.29, 0.717) is 6.42 Å². The molecule has 0 heterocycles. The molecule has 0 saturated carbocycles. The quantitative estimate of drug-likeness (QED) is 0.717. The van der Waals surface area contributed by atoms with Crippen LogP contribution in [0.5, 0.6) is 0 Å². The van der Waals surface area contributed by atoms with Gasteiger partial charge in [0.25, 0.3) is 0 Å². The van der Waals surface area contributed by atoms with Gasteiger partial charge in [-0.2, -0.15) is 0 Å². The van der Waals surface area contributed by atoms with E-state index >= 15 is 0 Å². The topological polar surface area (TPSA) is 66.4 Å². The van der Waals surface area contributed by atoms with E-state index in [1.807, 2.05) is 18.2 Å². The van der Waals surface area contributed by atoms with Gasteiger partial charge in [0.05, 0.1) is 6.04 Å². The molecule has 2 N–H and O–H groups in total. The molecule has 1 rings (SSSR count). The number of carbonyl (C=O) groups is 2. The zero-order chi connectivity index (χ0) is 15.0. The standard InChI is InChI=1S/C16H23NO3/c1-3-4-6-11-14(19)17-15(16(20)12(2)18)13-9-7-5-8-10-13/h5,7-10,15-16,20H,3-4,6,11H2,1-2H3,(H,17,19)/t15-,16-/m0/s1. The van der Waals surface area contributed by atoms with Crippen LogP contribution in [0, 0.1) is 0 Å². The molecule has 0 fully saturated rings. The molecule has 110 valence electrons. The Kier molecular flexibility index (Phi) is 6.94. The number of rotatable bonds is 8. The van der Waals surface area contributed by atoms with Gasteiger partial charge < -0.3 is 10.4 Å². The number of Topliss-reactive ketones (excluding diaryl/α,β-unsaturated/α-hetero) is 1. The first-order chi connectivity index (χ1) is 9.56. The van der Waals surface area contributed by atoms with E-state index in [9.17, 15) is 14.7 Å². The molecule has 0 aliphatic carbocycles. The van der Waals surface area contributed by atoms with Crippen molar-refractivity contribution in [2.75, 3.05) is 0 Å². The maximum absolute atomic E-state index is 11.9. The zero-order valence-electron chi connectivity index (χ0n) is 12.1. The first kappa shape index (κ1) is 16.4. The average Bonchev–Trinajstić information content (AvgIpc) is 2.45. The molecule has 0 aliphatic heterocycles. The lowest BCUT2D eigenvalue weighted by Gasteiger charge is -2.23. The normalized spacial score (nSPS) is 13.6. The SMILES string of the molecule is CCCCCC(=O)N[C@@H](c1ccccc1)[C@@H](O)C(C)=O. The molecule has 0 unspecified atom stereocenters. The summed E-state index contributed by atoms with van der Waals surface area (Å²) >= 11 is 0. The Labute approximate surface area is 120 Å². The fourth-order valence-electron chi connectivity index (χ4n) is 2.02. The van der Waals surface area contributed by atoms with Crippen molar-refractivity contribution in [1.29, 1.82) is 0 Å². The summed E-state index contributed by atoms with van der Waals surface area (Å²) in [7, 11) is 0. The Morgan fingerprint density at radius 2 is 1.85 bits per heavy atom. The number of hydrogen-bond acceptors (Lipinski definition) is 3. The van der Waals surface area contributed by atoms with Gasteiger partial charge in [0, 0.05) is 6.42 Å². The molecule has 1 aromatic carbocycles. The number of amides is 1. The molecule has 0 aromatic heterocycles. The molecular weight excluding hydrogens is 254 g/mol. The third-order valence-electron chi connectivity index (χ3n) is 3.21. The van der Waals surface area contributed by atoms with E-state index in [1.54, 1.807) is 12.1 Å². The van der Waals surface area contributed by atoms with Crippen LogP contribution in [0.3, 0.4) is 0 Å². The molecule has 1 aromatic rings. The molecule has 0 spiro atoms. The molecule has 1 amide bonds. The second-order valence-corrected chi connectivity index (χ2v) is 4.97. The van der Waals surface area contributed by atoms with Gasteiger partial charge in [0.15, 0.2) is 5.78 Å². The van der Waals surface area contributed by atoms with Gasteiger partial charge in [-0.3, -0.25) is 9.59 Å². The highest BCUT2D eigenvalue weighted by atomic mass is 16.3. The fourth-order valence-corrected chi connectivity index (χ4v) is 2.02. The van der Waals surface area contributed by atoms with E-state index in [2.05, 4.69) is 12.2 Å². The van der Waals surface area contributed by atoms with Crippen molar-refractivity contribution in [1.82, 2.24) is 5.32 Å². The van der Waals surface area contributed by atoms with E-state index < -0.39 is 12.1 Å². The summed E-state index contributed by atoms with van der Waals surface area (Å²) in [5.41, 5.74) is 0.735. The third-order valence-corrected chi connectivity index (χ3v) is 3.21. The summed E-state index contributed by atoms with van der Waals surface area (Å²) in [6.45, 7) is 3.40. The van der Waals surface area contributed by atoms with Crippen molar-refractivity contribution in [3.63, 3.8) is 0 Å². The predicted octanol–water partition coefficient (Wildman–Crippen LogP) is 2.37. The molecular formula is C16H23NO3. The first-order valence-corrected chi connectivity index (χ1v) is 7.09. The van der Waals surface area contributed by atoms with Crippen LogP contribution in [0.25, 0.3) is 0 Å². The van der Waals surface area contributed by atoms with Crippen molar-refractivity contribution >= 4 is 11.7 Å². The fraction of sp³-hybridized carbons (Fsp3) is 0.500. The largest absolute Gasteiger partial charge is 0.383 e. The van der Waals surface area contributed by atoms with Crippen molar-refractivity contribution in [2.45, 2.75) is 51.7 Å². The smallest absolute Gasteiger partial charge is 0.220 e. The Bertz CT molecular complexity index is 431. The van der Waals surface area contributed by atoms with Gasteiger partial charge in [-0.05, 0) is 18.9 Å². The number of hydrogen-bond donors (Lipinski definition) is 2. The van der Waals surface area contributed by atoms with E-state index in [4.69, 9.17) is 0 Å². The van der Waals surface area contributed by atoms with E-state index in [-0.39, 0.29) is 11.7 Å². The van der Waals surface area contributed by atoms with Gasteiger partial charge >= 0.3 is 0 Å². The summed E-state index contributed by atoms with van der Waals surface area (Å²) < 4.78 is 0. The molecule has 0 bridgehead atoms. The summed E-state index contributed by atoms with van der Waals surface area (Å²) in [4.78, 5) is 23.3. The Morgan fingerprint density at radius 3 is 2.40 bits per heavy atom. The highest BCUT2D eigenvalue weighted by molar-refractivity contribution is 5.83. The molecule has 20 heavy (non-hydrogen) atoms. The number of unbranched alkanes of at least 4 members (excludes halogenated alkanes) is 2. The van der Waals surface area contributed by atoms with Crippen molar-refractivity contribution in [2.24, 2.45) is 0 Å². The number of nitrogens with one attached hydrogen (secondary N) is 1. The first-order valence-electron chi connectivity index (χ1n) is 7.09. The van der Waals surface area contributed by atoms with Gasteiger partial charge in [-0.15, -0.1) is 0 Å². The minimum absolute atomic E-state index is 0.132. The molecule has 4 heteroatoms.